The summed E-state index contributed by atoms with van der Waals surface area (Å²) in [5, 5.41) is 3.21. The zero-order valence-corrected chi connectivity index (χ0v) is 6.94. The minimum absolute atomic E-state index is 0.815. The standard InChI is InChI=1S/C3H6N2.2C2H6/c1-3-4-2-5(1)3;2*1-2/h3-4H,1-2H2;2*1-2H3. The van der Waals surface area contributed by atoms with Crippen LogP contribution in [-0.4, -0.2) is 24.3 Å². The number of fused-ring (bicyclic) bond motifs is 1. The van der Waals surface area contributed by atoms with E-state index in [0.717, 1.165) is 12.8 Å². The van der Waals surface area contributed by atoms with Gasteiger partial charge in [0.15, 0.2) is 0 Å². The first-order valence-electron chi connectivity index (χ1n) is 3.94. The van der Waals surface area contributed by atoms with Gasteiger partial charge in [-0.05, 0) is 0 Å². The van der Waals surface area contributed by atoms with E-state index in [-0.39, 0.29) is 0 Å². The lowest BCUT2D eigenvalue weighted by Gasteiger charge is -2.12. The van der Waals surface area contributed by atoms with E-state index in [1.807, 2.05) is 27.7 Å². The van der Waals surface area contributed by atoms with E-state index in [9.17, 15) is 0 Å². The van der Waals surface area contributed by atoms with Gasteiger partial charge in [-0.1, -0.05) is 27.7 Å². The molecule has 2 rings (SSSR count). The van der Waals surface area contributed by atoms with Crippen molar-refractivity contribution in [1.29, 1.82) is 0 Å². The smallest absolute Gasteiger partial charge is 0.0750 e. The molecule has 2 nitrogen and oxygen atoms in total. The Kier molecular flexibility index (Phi) is 4.72. The Morgan fingerprint density at radius 1 is 1.22 bits per heavy atom. The Morgan fingerprint density at radius 3 is 1.67 bits per heavy atom. The maximum atomic E-state index is 3.21. The van der Waals surface area contributed by atoms with Crippen LogP contribution in [0.2, 0.25) is 0 Å². The van der Waals surface area contributed by atoms with Crippen LogP contribution in [0.3, 0.4) is 0 Å². The molecule has 0 aliphatic carbocycles. The summed E-state index contributed by atoms with van der Waals surface area (Å²) in [7, 11) is 0. The van der Waals surface area contributed by atoms with Crippen molar-refractivity contribution in [2.24, 2.45) is 0 Å². The summed E-state index contributed by atoms with van der Waals surface area (Å²) in [6.07, 6.45) is 0.815. The monoisotopic (exact) mass is 130 g/mol. The molecule has 2 heterocycles. The fourth-order valence-corrected chi connectivity index (χ4v) is 0.654. The molecule has 2 aliphatic heterocycles. The van der Waals surface area contributed by atoms with Crippen LogP contribution >= 0.6 is 0 Å². The third-order valence-corrected chi connectivity index (χ3v) is 1.24. The predicted octanol–water partition coefficient (Wildman–Crippen LogP) is 1.24. The van der Waals surface area contributed by atoms with Gasteiger partial charge in [0.2, 0.25) is 0 Å². The van der Waals surface area contributed by atoms with Gasteiger partial charge in [0, 0.05) is 6.54 Å². The molecule has 0 aromatic carbocycles. The SMILES string of the molecule is C1NC2CN12.CC.CC. The molecular weight excluding hydrogens is 112 g/mol. The molecule has 0 radical (unpaired) electrons. The van der Waals surface area contributed by atoms with Gasteiger partial charge < -0.3 is 0 Å². The van der Waals surface area contributed by atoms with E-state index in [2.05, 4.69) is 10.2 Å². The topological polar surface area (TPSA) is 15.0 Å². The highest BCUT2D eigenvalue weighted by Gasteiger charge is 2.41. The Hall–Kier alpha value is -0.0800. The maximum Gasteiger partial charge on any atom is 0.0750 e. The summed E-state index contributed by atoms with van der Waals surface area (Å²) in [5.41, 5.74) is 0. The predicted molar refractivity (Wildman–Crippen MR) is 41.2 cm³/mol. The van der Waals surface area contributed by atoms with Gasteiger partial charge in [-0.2, -0.15) is 0 Å². The highest BCUT2D eigenvalue weighted by atomic mass is 15.6. The fraction of sp³-hybridized carbons (Fsp3) is 1.00. The lowest BCUT2D eigenvalue weighted by atomic mass is 10.7. The molecule has 0 saturated carbocycles. The van der Waals surface area contributed by atoms with Gasteiger partial charge in [0.1, 0.15) is 0 Å². The van der Waals surface area contributed by atoms with Crippen molar-refractivity contribution in [3.63, 3.8) is 0 Å². The average molecular weight is 130 g/mol. The summed E-state index contributed by atoms with van der Waals surface area (Å²) < 4.78 is 0. The van der Waals surface area contributed by atoms with Crippen LogP contribution in [0.25, 0.3) is 0 Å². The van der Waals surface area contributed by atoms with Crippen molar-refractivity contribution < 1.29 is 0 Å². The molecule has 2 unspecified atom stereocenters. The molecule has 0 aromatic heterocycles. The Morgan fingerprint density at radius 2 is 1.67 bits per heavy atom. The minimum atomic E-state index is 0.815. The Labute approximate surface area is 58.2 Å². The third-order valence-electron chi connectivity index (χ3n) is 1.24. The fourth-order valence-electron chi connectivity index (χ4n) is 0.654. The number of nitrogens with one attached hydrogen (secondary N) is 1. The first-order chi connectivity index (χ1) is 4.47. The molecule has 0 amide bonds. The second-order valence-corrected chi connectivity index (χ2v) is 1.65. The molecule has 9 heavy (non-hydrogen) atoms. The molecule has 56 valence electrons. The number of hydrogen-bond acceptors (Lipinski definition) is 2. The minimum Gasteiger partial charge on any atom is -0.288 e. The summed E-state index contributed by atoms with van der Waals surface area (Å²) in [6, 6.07) is 0. The highest BCUT2D eigenvalue weighted by molar-refractivity contribution is 4.94. The molecule has 2 aliphatic rings. The summed E-state index contributed by atoms with van der Waals surface area (Å²) >= 11 is 0. The zero-order valence-electron chi connectivity index (χ0n) is 6.94. The van der Waals surface area contributed by atoms with Gasteiger partial charge in [-0.15, -0.1) is 0 Å². The van der Waals surface area contributed by atoms with Crippen molar-refractivity contribution >= 4 is 0 Å². The molecule has 0 aromatic rings. The highest BCUT2D eigenvalue weighted by Crippen LogP contribution is 2.19. The number of rotatable bonds is 0. The van der Waals surface area contributed by atoms with Crippen LogP contribution < -0.4 is 5.32 Å². The molecule has 2 saturated heterocycles. The van der Waals surface area contributed by atoms with Crippen LogP contribution in [0.5, 0.6) is 0 Å². The molecule has 2 atom stereocenters. The van der Waals surface area contributed by atoms with Crippen molar-refractivity contribution in [3.05, 3.63) is 0 Å². The zero-order chi connectivity index (χ0) is 7.28. The lowest BCUT2D eigenvalue weighted by molar-refractivity contribution is 0.319. The second-order valence-electron chi connectivity index (χ2n) is 1.65. The van der Waals surface area contributed by atoms with Crippen molar-refractivity contribution in [2.45, 2.75) is 33.9 Å². The van der Waals surface area contributed by atoms with E-state index in [4.69, 9.17) is 0 Å². The molecule has 2 heteroatoms. The van der Waals surface area contributed by atoms with E-state index < -0.39 is 0 Å². The van der Waals surface area contributed by atoms with Crippen LogP contribution in [0.4, 0.5) is 0 Å². The first-order valence-corrected chi connectivity index (χ1v) is 3.94. The molecule has 0 spiro atoms. The average Bonchev–Trinajstić information content (AvgIpc) is 2.49. The third kappa shape index (κ3) is 2.33. The Balaban J connectivity index is 0.000000143. The van der Waals surface area contributed by atoms with Crippen molar-refractivity contribution in [1.82, 2.24) is 10.2 Å². The first kappa shape index (κ1) is 8.92. The molecule has 0 bridgehead atoms. The number of hydrogen-bond donors (Lipinski definition) is 1. The van der Waals surface area contributed by atoms with Crippen LogP contribution in [-0.2, 0) is 0 Å². The van der Waals surface area contributed by atoms with Gasteiger partial charge in [-0.25, -0.2) is 0 Å². The number of nitrogens with zero attached hydrogens (tertiary/aromatic N) is 1. The van der Waals surface area contributed by atoms with Gasteiger partial charge >= 0.3 is 0 Å². The molecule has 1 N–H and O–H groups in total. The molecular formula is C7H18N2. The van der Waals surface area contributed by atoms with Crippen molar-refractivity contribution in [2.75, 3.05) is 13.2 Å². The van der Waals surface area contributed by atoms with Gasteiger partial charge in [0.25, 0.3) is 0 Å². The lowest BCUT2D eigenvalue weighted by Crippen LogP contribution is -2.38. The van der Waals surface area contributed by atoms with Crippen molar-refractivity contribution in [3.8, 4) is 0 Å². The quantitative estimate of drug-likeness (QED) is 0.496. The summed E-state index contributed by atoms with van der Waals surface area (Å²) in [5.74, 6) is 0. The summed E-state index contributed by atoms with van der Waals surface area (Å²) in [4.78, 5) is 2.36. The second kappa shape index (κ2) is 4.77. The van der Waals surface area contributed by atoms with Crippen LogP contribution in [0, 0.1) is 0 Å². The summed E-state index contributed by atoms with van der Waals surface area (Å²) in [6.45, 7) is 10.4. The van der Waals surface area contributed by atoms with Gasteiger partial charge in [-0.3, -0.25) is 10.2 Å². The van der Waals surface area contributed by atoms with E-state index in [1.54, 1.807) is 0 Å². The van der Waals surface area contributed by atoms with Crippen LogP contribution in [0.15, 0.2) is 0 Å². The van der Waals surface area contributed by atoms with Crippen LogP contribution in [0.1, 0.15) is 27.7 Å². The van der Waals surface area contributed by atoms with Gasteiger partial charge in [0.05, 0.1) is 12.8 Å². The Bertz CT molecular complexity index is 51.9. The normalized spacial score (nSPS) is 33.3. The van der Waals surface area contributed by atoms with E-state index >= 15 is 0 Å². The largest absolute Gasteiger partial charge is 0.288 e. The van der Waals surface area contributed by atoms with E-state index in [1.165, 1.54) is 6.54 Å². The molecule has 2 fully saturated rings. The maximum absolute atomic E-state index is 3.21. The van der Waals surface area contributed by atoms with E-state index in [0.29, 0.717) is 0 Å².